The summed E-state index contributed by atoms with van der Waals surface area (Å²) in [6.07, 6.45) is 5.31. The lowest BCUT2D eigenvalue weighted by molar-refractivity contribution is -0.115. The molecule has 30 heavy (non-hydrogen) atoms. The predicted molar refractivity (Wildman–Crippen MR) is 117 cm³/mol. The molecule has 4 rings (SSSR count). The number of hydrogen-bond acceptors (Lipinski definition) is 4. The molecule has 0 bridgehead atoms. The summed E-state index contributed by atoms with van der Waals surface area (Å²) >= 11 is 5.79. The van der Waals surface area contributed by atoms with Crippen LogP contribution in [0.2, 0.25) is 5.02 Å². The highest BCUT2D eigenvalue weighted by Gasteiger charge is 2.17. The van der Waals surface area contributed by atoms with Crippen LogP contribution in [0, 0.1) is 0 Å². The van der Waals surface area contributed by atoms with E-state index in [1.807, 2.05) is 12.1 Å². The third-order valence-corrected chi connectivity index (χ3v) is 7.13. The molecule has 2 aromatic carbocycles. The molecule has 1 N–H and O–H groups in total. The smallest absolute Gasteiger partial charge is 0.225 e. The van der Waals surface area contributed by atoms with Gasteiger partial charge in [-0.05, 0) is 49.2 Å². The largest absolute Gasteiger partial charge is 0.334 e. The van der Waals surface area contributed by atoms with Crippen molar-refractivity contribution in [2.24, 2.45) is 0 Å². The number of anilines is 1. The van der Waals surface area contributed by atoms with Gasteiger partial charge in [-0.3, -0.25) is 4.79 Å². The normalized spacial score (nSPS) is 13.6. The lowest BCUT2D eigenvalue weighted by Crippen LogP contribution is -2.17. The van der Waals surface area contributed by atoms with Crippen LogP contribution >= 0.6 is 11.6 Å². The SMILES string of the molecule is O=C(CCS(=O)(=O)c1ccc(Cl)cc1)Nc1ccc(-c2cn3c(n2)CCCC3)cc1. The van der Waals surface area contributed by atoms with E-state index in [1.165, 1.54) is 37.1 Å². The Balaban J connectivity index is 1.35. The number of nitrogens with zero attached hydrogens (tertiary/aromatic N) is 2. The number of rotatable bonds is 6. The number of benzene rings is 2. The predicted octanol–water partition coefficient (Wildman–Crippen LogP) is 4.34. The molecule has 1 aliphatic heterocycles. The number of fused-ring (bicyclic) bond motifs is 1. The molecule has 2 heterocycles. The summed E-state index contributed by atoms with van der Waals surface area (Å²) in [7, 11) is -3.54. The third kappa shape index (κ3) is 4.74. The van der Waals surface area contributed by atoms with Crippen molar-refractivity contribution in [1.29, 1.82) is 0 Å². The zero-order chi connectivity index (χ0) is 21.1. The van der Waals surface area contributed by atoms with Gasteiger partial charge in [-0.1, -0.05) is 23.7 Å². The maximum Gasteiger partial charge on any atom is 0.225 e. The van der Waals surface area contributed by atoms with Gasteiger partial charge in [-0.2, -0.15) is 0 Å². The number of hydrogen-bond donors (Lipinski definition) is 1. The molecule has 0 unspecified atom stereocenters. The molecule has 0 spiro atoms. The summed E-state index contributed by atoms with van der Waals surface area (Å²) < 4.78 is 26.9. The van der Waals surface area contributed by atoms with E-state index < -0.39 is 9.84 Å². The van der Waals surface area contributed by atoms with Gasteiger partial charge in [0.1, 0.15) is 5.82 Å². The van der Waals surface area contributed by atoms with Crippen LogP contribution in [0.15, 0.2) is 59.6 Å². The topological polar surface area (TPSA) is 81.1 Å². The second-order valence-electron chi connectivity index (χ2n) is 7.34. The third-order valence-electron chi connectivity index (χ3n) is 5.14. The van der Waals surface area contributed by atoms with Crippen LogP contribution in [-0.4, -0.2) is 29.6 Å². The van der Waals surface area contributed by atoms with Crippen molar-refractivity contribution in [3.8, 4) is 11.3 Å². The number of carbonyl (C=O) groups excluding carboxylic acids is 1. The Labute approximate surface area is 180 Å². The molecule has 156 valence electrons. The molecule has 0 saturated heterocycles. The van der Waals surface area contributed by atoms with Crippen LogP contribution in [-0.2, 0) is 27.6 Å². The molecule has 1 aromatic heterocycles. The second kappa shape index (κ2) is 8.62. The van der Waals surface area contributed by atoms with Crippen molar-refractivity contribution in [3.05, 3.63) is 65.6 Å². The lowest BCUT2D eigenvalue weighted by atomic mass is 10.1. The Morgan fingerprint density at radius 1 is 1.07 bits per heavy atom. The number of sulfone groups is 1. The maximum absolute atomic E-state index is 12.4. The number of nitrogens with one attached hydrogen (secondary N) is 1. The molecule has 1 amide bonds. The number of carbonyl (C=O) groups is 1. The van der Waals surface area contributed by atoms with Crippen molar-refractivity contribution in [1.82, 2.24) is 9.55 Å². The monoisotopic (exact) mass is 443 g/mol. The molecular weight excluding hydrogens is 422 g/mol. The molecular formula is C22H22ClN3O3S. The number of aryl methyl sites for hydroxylation is 2. The van der Waals surface area contributed by atoms with Gasteiger partial charge < -0.3 is 9.88 Å². The molecule has 3 aromatic rings. The Hall–Kier alpha value is -2.64. The Kier molecular flexibility index (Phi) is 5.92. The highest BCUT2D eigenvalue weighted by molar-refractivity contribution is 7.91. The zero-order valence-corrected chi connectivity index (χ0v) is 17.9. The fourth-order valence-corrected chi connectivity index (χ4v) is 4.85. The minimum Gasteiger partial charge on any atom is -0.334 e. The van der Waals surface area contributed by atoms with Crippen LogP contribution in [0.1, 0.15) is 25.1 Å². The molecule has 0 aliphatic carbocycles. The molecule has 0 saturated carbocycles. The highest BCUT2D eigenvalue weighted by atomic mass is 35.5. The van der Waals surface area contributed by atoms with Gasteiger partial charge in [-0.25, -0.2) is 13.4 Å². The lowest BCUT2D eigenvalue weighted by Gasteiger charge is -2.11. The van der Waals surface area contributed by atoms with E-state index in [0.717, 1.165) is 30.0 Å². The fourth-order valence-electron chi connectivity index (χ4n) is 3.49. The maximum atomic E-state index is 12.4. The summed E-state index contributed by atoms with van der Waals surface area (Å²) in [5.74, 6) is 0.506. The van der Waals surface area contributed by atoms with E-state index in [9.17, 15) is 13.2 Å². The van der Waals surface area contributed by atoms with Crippen molar-refractivity contribution < 1.29 is 13.2 Å². The van der Waals surface area contributed by atoms with Gasteiger partial charge in [0.25, 0.3) is 0 Å². The van der Waals surface area contributed by atoms with Gasteiger partial charge in [0.2, 0.25) is 5.91 Å². The van der Waals surface area contributed by atoms with Crippen molar-refractivity contribution in [3.63, 3.8) is 0 Å². The Bertz CT molecular complexity index is 1130. The summed E-state index contributed by atoms with van der Waals surface area (Å²) in [6.45, 7) is 1.01. The number of halogens is 1. The van der Waals surface area contributed by atoms with Gasteiger partial charge >= 0.3 is 0 Å². The van der Waals surface area contributed by atoms with Gasteiger partial charge in [0.15, 0.2) is 9.84 Å². The molecule has 1 aliphatic rings. The van der Waals surface area contributed by atoms with Crippen LogP contribution in [0.3, 0.4) is 0 Å². The van der Waals surface area contributed by atoms with Gasteiger partial charge in [-0.15, -0.1) is 0 Å². The Morgan fingerprint density at radius 2 is 1.80 bits per heavy atom. The molecule has 8 heteroatoms. The first-order chi connectivity index (χ1) is 14.4. The summed E-state index contributed by atoms with van der Waals surface area (Å²) in [4.78, 5) is 17.1. The van der Waals surface area contributed by atoms with E-state index in [1.54, 1.807) is 12.1 Å². The first kappa shape index (κ1) is 20.6. The minimum absolute atomic E-state index is 0.125. The highest BCUT2D eigenvalue weighted by Crippen LogP contribution is 2.24. The van der Waals surface area contributed by atoms with Gasteiger partial charge in [0, 0.05) is 41.9 Å². The zero-order valence-electron chi connectivity index (χ0n) is 16.3. The number of imidazole rings is 1. The molecule has 0 atom stereocenters. The van der Waals surface area contributed by atoms with E-state index in [0.29, 0.717) is 10.7 Å². The molecule has 6 nitrogen and oxygen atoms in total. The average Bonchev–Trinajstić information content (AvgIpc) is 3.17. The second-order valence-corrected chi connectivity index (χ2v) is 9.89. The standard InChI is InChI=1S/C22H22ClN3O3S/c23-17-6-10-19(11-7-17)30(28,29)14-12-22(27)24-18-8-4-16(5-9-18)20-15-26-13-2-1-3-21(26)25-20/h4-11,15H,1-3,12-14H2,(H,24,27). The van der Waals surface area contributed by atoms with Gasteiger partial charge in [0.05, 0.1) is 16.3 Å². The van der Waals surface area contributed by atoms with E-state index in [2.05, 4.69) is 16.1 Å². The first-order valence-corrected chi connectivity index (χ1v) is 11.9. The van der Waals surface area contributed by atoms with Crippen LogP contribution < -0.4 is 5.32 Å². The molecule has 0 radical (unpaired) electrons. The van der Waals surface area contributed by atoms with E-state index >= 15 is 0 Å². The average molecular weight is 444 g/mol. The van der Waals surface area contributed by atoms with Crippen molar-refractivity contribution in [2.75, 3.05) is 11.1 Å². The Morgan fingerprint density at radius 3 is 2.50 bits per heavy atom. The van der Waals surface area contributed by atoms with E-state index in [-0.39, 0.29) is 23.0 Å². The minimum atomic E-state index is -3.54. The van der Waals surface area contributed by atoms with Crippen molar-refractivity contribution in [2.45, 2.75) is 37.1 Å². The summed E-state index contributed by atoms with van der Waals surface area (Å²) in [5, 5.41) is 3.22. The van der Waals surface area contributed by atoms with Crippen LogP contribution in [0.25, 0.3) is 11.3 Å². The number of amides is 1. The first-order valence-electron chi connectivity index (χ1n) is 9.85. The quantitative estimate of drug-likeness (QED) is 0.614. The van der Waals surface area contributed by atoms with Crippen LogP contribution in [0.5, 0.6) is 0 Å². The summed E-state index contributed by atoms with van der Waals surface area (Å²) in [6, 6.07) is 13.4. The van der Waals surface area contributed by atoms with E-state index in [4.69, 9.17) is 16.6 Å². The van der Waals surface area contributed by atoms with Crippen LogP contribution in [0.4, 0.5) is 5.69 Å². The summed E-state index contributed by atoms with van der Waals surface area (Å²) in [5.41, 5.74) is 2.54. The van der Waals surface area contributed by atoms with Crippen molar-refractivity contribution >= 4 is 33.0 Å². The number of aromatic nitrogens is 2. The molecule has 0 fully saturated rings. The fraction of sp³-hybridized carbons (Fsp3) is 0.273.